The molecule has 0 aromatic heterocycles. The average Bonchev–Trinajstić information content (AvgIpc) is 2.65. The smallest absolute Gasteiger partial charge is 0.176 e. The van der Waals surface area contributed by atoms with Gasteiger partial charge >= 0.3 is 0 Å². The minimum atomic E-state index is -0.280. The summed E-state index contributed by atoms with van der Waals surface area (Å²) in [5.74, 6) is 0.0748. The number of hydrogen-bond acceptors (Lipinski definition) is 3. The fourth-order valence-corrected chi connectivity index (χ4v) is 2.01. The van der Waals surface area contributed by atoms with Gasteiger partial charge in [0.2, 0.25) is 0 Å². The molecule has 0 amide bonds. The second kappa shape index (κ2) is 4.95. The van der Waals surface area contributed by atoms with E-state index in [0.717, 1.165) is 13.0 Å². The third kappa shape index (κ3) is 2.82. The van der Waals surface area contributed by atoms with Crippen LogP contribution >= 0.6 is 11.6 Å². The molecule has 1 aliphatic heterocycles. The van der Waals surface area contributed by atoms with E-state index in [9.17, 15) is 9.90 Å². The maximum atomic E-state index is 11.9. The van der Waals surface area contributed by atoms with Crippen molar-refractivity contribution in [1.29, 1.82) is 0 Å². The van der Waals surface area contributed by atoms with E-state index in [0.29, 0.717) is 23.7 Å². The fraction of sp³-hybridized carbons (Fsp3) is 0.417. The quantitative estimate of drug-likeness (QED) is 0.815. The normalized spacial score (nSPS) is 21.2. The minimum absolute atomic E-state index is 0.0748. The highest BCUT2D eigenvalue weighted by molar-refractivity contribution is 6.30. The molecule has 1 saturated heterocycles. The Balaban J connectivity index is 1.95. The number of benzene rings is 1. The van der Waals surface area contributed by atoms with Gasteiger partial charge in [0, 0.05) is 23.7 Å². The van der Waals surface area contributed by atoms with Crippen LogP contribution in [0.4, 0.5) is 0 Å². The number of aliphatic hydroxyl groups is 1. The van der Waals surface area contributed by atoms with Gasteiger partial charge in [0.25, 0.3) is 0 Å². The summed E-state index contributed by atoms with van der Waals surface area (Å²) in [6.07, 6.45) is 0.478. The summed E-state index contributed by atoms with van der Waals surface area (Å²) in [5.41, 5.74) is 0.672. The third-order valence-electron chi connectivity index (χ3n) is 2.78. The molecular formula is C12H14ClNO2. The number of aliphatic hydroxyl groups excluding tert-OH is 1. The van der Waals surface area contributed by atoms with Gasteiger partial charge in [-0.3, -0.25) is 9.69 Å². The van der Waals surface area contributed by atoms with Gasteiger partial charge in [0.1, 0.15) is 0 Å². The van der Waals surface area contributed by atoms with Gasteiger partial charge in [-0.2, -0.15) is 0 Å². The number of carbonyl (C=O) groups is 1. The lowest BCUT2D eigenvalue weighted by molar-refractivity contribution is 0.0935. The molecule has 86 valence electrons. The number of likely N-dealkylation sites (tertiary alicyclic amines) is 1. The number of carbonyl (C=O) groups excluding carboxylic acids is 1. The van der Waals surface area contributed by atoms with Crippen molar-refractivity contribution in [1.82, 2.24) is 4.90 Å². The second-order valence-electron chi connectivity index (χ2n) is 4.11. The molecule has 1 fully saturated rings. The Morgan fingerprint density at radius 3 is 2.69 bits per heavy atom. The molecule has 0 unspecified atom stereocenters. The lowest BCUT2D eigenvalue weighted by Crippen LogP contribution is -2.28. The molecule has 0 aliphatic carbocycles. The first-order valence-corrected chi connectivity index (χ1v) is 5.72. The topological polar surface area (TPSA) is 40.5 Å². The van der Waals surface area contributed by atoms with Crippen molar-refractivity contribution in [3.8, 4) is 0 Å². The zero-order chi connectivity index (χ0) is 11.5. The molecule has 0 spiro atoms. The molecular weight excluding hydrogens is 226 g/mol. The summed E-state index contributed by atoms with van der Waals surface area (Å²) in [4.78, 5) is 13.8. The van der Waals surface area contributed by atoms with E-state index in [-0.39, 0.29) is 11.9 Å². The predicted octanol–water partition coefficient (Wildman–Crippen LogP) is 1.59. The molecule has 1 aromatic carbocycles. The van der Waals surface area contributed by atoms with Gasteiger partial charge in [-0.1, -0.05) is 11.6 Å². The van der Waals surface area contributed by atoms with Crippen molar-refractivity contribution < 1.29 is 9.90 Å². The summed E-state index contributed by atoms with van der Waals surface area (Å²) in [5, 5.41) is 9.98. The summed E-state index contributed by atoms with van der Waals surface area (Å²) >= 11 is 5.75. The Kier molecular flexibility index (Phi) is 3.59. The summed E-state index contributed by atoms with van der Waals surface area (Å²) < 4.78 is 0. The van der Waals surface area contributed by atoms with E-state index >= 15 is 0 Å². The Morgan fingerprint density at radius 2 is 2.12 bits per heavy atom. The van der Waals surface area contributed by atoms with E-state index in [1.54, 1.807) is 24.3 Å². The van der Waals surface area contributed by atoms with E-state index in [1.807, 2.05) is 4.90 Å². The van der Waals surface area contributed by atoms with Crippen molar-refractivity contribution in [3.63, 3.8) is 0 Å². The van der Waals surface area contributed by atoms with Crippen LogP contribution in [-0.2, 0) is 0 Å². The maximum absolute atomic E-state index is 11.9. The Bertz CT molecular complexity index is 377. The largest absolute Gasteiger partial charge is 0.392 e. The standard InChI is InChI=1S/C12H14ClNO2/c13-10-3-1-9(2-4-10)12(16)8-14-6-5-11(15)7-14/h1-4,11,15H,5-8H2/t11-/m0/s1. The first kappa shape index (κ1) is 11.6. The molecule has 4 heteroatoms. The SMILES string of the molecule is O=C(CN1CC[C@H](O)C1)c1ccc(Cl)cc1. The van der Waals surface area contributed by atoms with Crippen molar-refractivity contribution in [3.05, 3.63) is 34.9 Å². The first-order valence-electron chi connectivity index (χ1n) is 5.34. The second-order valence-corrected chi connectivity index (χ2v) is 4.54. The van der Waals surface area contributed by atoms with Crippen LogP contribution in [0, 0.1) is 0 Å². The van der Waals surface area contributed by atoms with Gasteiger partial charge in [-0.05, 0) is 30.7 Å². The number of halogens is 1. The zero-order valence-electron chi connectivity index (χ0n) is 8.90. The third-order valence-corrected chi connectivity index (χ3v) is 3.03. The molecule has 1 atom stereocenters. The highest BCUT2D eigenvalue weighted by Gasteiger charge is 2.22. The fourth-order valence-electron chi connectivity index (χ4n) is 1.89. The van der Waals surface area contributed by atoms with Gasteiger partial charge < -0.3 is 5.11 Å². The Morgan fingerprint density at radius 1 is 1.44 bits per heavy atom. The van der Waals surface area contributed by atoms with E-state index in [4.69, 9.17) is 11.6 Å². The first-order chi connectivity index (χ1) is 7.65. The van der Waals surface area contributed by atoms with Crippen LogP contribution in [0.2, 0.25) is 5.02 Å². The number of ketones is 1. The van der Waals surface area contributed by atoms with E-state index < -0.39 is 0 Å². The van der Waals surface area contributed by atoms with Crippen LogP contribution in [0.5, 0.6) is 0 Å². The van der Waals surface area contributed by atoms with Gasteiger partial charge in [-0.15, -0.1) is 0 Å². The molecule has 1 aromatic rings. The molecule has 3 nitrogen and oxygen atoms in total. The van der Waals surface area contributed by atoms with Crippen molar-refractivity contribution >= 4 is 17.4 Å². The van der Waals surface area contributed by atoms with Crippen LogP contribution in [-0.4, -0.2) is 41.5 Å². The molecule has 0 bridgehead atoms. The number of hydrogen-bond donors (Lipinski definition) is 1. The lowest BCUT2D eigenvalue weighted by Gasteiger charge is -2.13. The number of nitrogens with zero attached hydrogens (tertiary/aromatic N) is 1. The van der Waals surface area contributed by atoms with Gasteiger partial charge in [0.15, 0.2) is 5.78 Å². The van der Waals surface area contributed by atoms with Crippen molar-refractivity contribution in [2.45, 2.75) is 12.5 Å². The molecule has 1 heterocycles. The molecule has 1 N–H and O–H groups in total. The number of Topliss-reactive ketones (excluding diaryl/α,β-unsaturated/α-hetero) is 1. The van der Waals surface area contributed by atoms with Crippen LogP contribution in [0.15, 0.2) is 24.3 Å². The van der Waals surface area contributed by atoms with Crippen molar-refractivity contribution in [2.75, 3.05) is 19.6 Å². The average molecular weight is 240 g/mol. The minimum Gasteiger partial charge on any atom is -0.392 e. The zero-order valence-corrected chi connectivity index (χ0v) is 9.65. The highest BCUT2D eigenvalue weighted by atomic mass is 35.5. The van der Waals surface area contributed by atoms with Gasteiger partial charge in [-0.25, -0.2) is 0 Å². The van der Waals surface area contributed by atoms with Crippen LogP contribution in [0.25, 0.3) is 0 Å². The molecule has 0 saturated carbocycles. The highest BCUT2D eigenvalue weighted by Crippen LogP contribution is 2.13. The Hall–Kier alpha value is -0.900. The summed E-state index contributed by atoms with van der Waals surface area (Å²) in [6.45, 7) is 1.76. The maximum Gasteiger partial charge on any atom is 0.176 e. The molecule has 0 radical (unpaired) electrons. The van der Waals surface area contributed by atoms with Gasteiger partial charge in [0.05, 0.1) is 12.6 Å². The molecule has 16 heavy (non-hydrogen) atoms. The lowest BCUT2D eigenvalue weighted by atomic mass is 10.1. The number of β-amino-alcohol motifs (C(OH)–C–C–N with tert-alkyl or cyclic N) is 1. The van der Waals surface area contributed by atoms with E-state index in [1.165, 1.54) is 0 Å². The predicted molar refractivity (Wildman–Crippen MR) is 62.8 cm³/mol. The summed E-state index contributed by atoms with van der Waals surface area (Å²) in [7, 11) is 0. The van der Waals surface area contributed by atoms with Crippen molar-refractivity contribution in [2.24, 2.45) is 0 Å². The van der Waals surface area contributed by atoms with Crippen LogP contribution < -0.4 is 0 Å². The Labute approximate surface area is 99.6 Å². The van der Waals surface area contributed by atoms with Crippen LogP contribution in [0.1, 0.15) is 16.8 Å². The van der Waals surface area contributed by atoms with Crippen LogP contribution in [0.3, 0.4) is 0 Å². The molecule has 2 rings (SSSR count). The molecule has 1 aliphatic rings. The monoisotopic (exact) mass is 239 g/mol. The van der Waals surface area contributed by atoms with E-state index in [2.05, 4.69) is 0 Å². The number of rotatable bonds is 3. The summed E-state index contributed by atoms with van der Waals surface area (Å²) in [6, 6.07) is 6.90.